The molecule has 58 heavy (non-hydrogen) atoms. The first kappa shape index (κ1) is 33.4. The molecule has 12 rings (SSSR count). The van der Waals surface area contributed by atoms with E-state index in [2.05, 4.69) is 202 Å². The van der Waals surface area contributed by atoms with E-state index < -0.39 is 0 Å². The molecule has 276 valence electrons. The van der Waals surface area contributed by atoms with E-state index in [0.29, 0.717) is 0 Å². The summed E-state index contributed by atoms with van der Waals surface area (Å²) in [5.74, 6) is 1.15. The van der Waals surface area contributed by atoms with E-state index in [1.165, 1.54) is 99.5 Å². The number of hydrogen-bond acceptors (Lipinski definition) is 1. The van der Waals surface area contributed by atoms with Crippen LogP contribution in [0, 0.1) is 0 Å². The monoisotopic (exact) mass is 742 g/mol. The van der Waals surface area contributed by atoms with Gasteiger partial charge in [-0.25, -0.2) is 0 Å². The third-order valence-corrected chi connectivity index (χ3v) is 13.6. The van der Waals surface area contributed by atoms with Crippen molar-refractivity contribution in [3.05, 3.63) is 242 Å². The summed E-state index contributed by atoms with van der Waals surface area (Å²) in [7, 11) is 0. The molecule has 1 heteroatoms. The van der Waals surface area contributed by atoms with Crippen LogP contribution in [0.5, 0.6) is 5.75 Å². The minimum Gasteiger partial charge on any atom is -0.484 e. The Morgan fingerprint density at radius 2 is 1.22 bits per heavy atom. The molecule has 0 fully saturated rings. The summed E-state index contributed by atoms with van der Waals surface area (Å²) in [5.41, 5.74) is 21.1. The Labute approximate surface area is 340 Å². The first-order valence-corrected chi connectivity index (χ1v) is 20.7. The number of rotatable bonds is 5. The molecule has 0 spiro atoms. The number of fused-ring (bicyclic) bond motifs is 10. The molecule has 3 unspecified atom stereocenters. The second kappa shape index (κ2) is 12.7. The average Bonchev–Trinajstić information content (AvgIpc) is 3.91. The van der Waals surface area contributed by atoms with Gasteiger partial charge in [-0.1, -0.05) is 190 Å². The topological polar surface area (TPSA) is 9.23 Å². The molecule has 0 saturated heterocycles. The van der Waals surface area contributed by atoms with Gasteiger partial charge in [0.05, 0.1) is 0 Å². The van der Waals surface area contributed by atoms with Crippen molar-refractivity contribution in [3.8, 4) is 39.1 Å². The predicted molar refractivity (Wildman–Crippen MR) is 238 cm³/mol. The van der Waals surface area contributed by atoms with Gasteiger partial charge in [-0.05, 0) is 107 Å². The maximum atomic E-state index is 7.28. The maximum absolute atomic E-state index is 7.28. The van der Waals surface area contributed by atoms with Crippen molar-refractivity contribution in [1.29, 1.82) is 0 Å². The highest BCUT2D eigenvalue weighted by atomic mass is 16.5. The number of ether oxygens (including phenoxy) is 1. The van der Waals surface area contributed by atoms with Gasteiger partial charge in [0.2, 0.25) is 0 Å². The van der Waals surface area contributed by atoms with E-state index in [1.54, 1.807) is 0 Å². The lowest BCUT2D eigenvalue weighted by Gasteiger charge is -2.26. The maximum Gasteiger partial charge on any atom is 0.135 e. The Morgan fingerprint density at radius 1 is 0.534 bits per heavy atom. The molecule has 1 nitrogen and oxygen atoms in total. The van der Waals surface area contributed by atoms with Crippen LogP contribution in [0.3, 0.4) is 0 Å². The van der Waals surface area contributed by atoms with Crippen LogP contribution in [0.15, 0.2) is 182 Å². The van der Waals surface area contributed by atoms with Gasteiger partial charge in [-0.15, -0.1) is 0 Å². The highest BCUT2D eigenvalue weighted by molar-refractivity contribution is 5.85. The SMILES string of the molecule is CC1(C)c2ccccc2-c2ccc(C3=c4ccccc4=CC4c5ccc(C(c6ccc(-c7ccccc7)cc6)c6cccc7c6Cc6ccccc6-7)cc5OC34)cc21. The van der Waals surface area contributed by atoms with Crippen molar-refractivity contribution < 1.29 is 4.74 Å². The first-order chi connectivity index (χ1) is 28.5. The van der Waals surface area contributed by atoms with Crippen LogP contribution >= 0.6 is 0 Å². The van der Waals surface area contributed by atoms with Crippen molar-refractivity contribution in [2.75, 3.05) is 0 Å². The van der Waals surface area contributed by atoms with E-state index in [9.17, 15) is 0 Å². The minimum atomic E-state index is -0.121. The van der Waals surface area contributed by atoms with Gasteiger partial charge >= 0.3 is 0 Å². The lowest BCUT2D eigenvalue weighted by Crippen LogP contribution is -2.39. The summed E-state index contributed by atoms with van der Waals surface area (Å²) in [6.45, 7) is 4.74. The average molecular weight is 743 g/mol. The molecule has 3 aliphatic carbocycles. The van der Waals surface area contributed by atoms with E-state index in [4.69, 9.17) is 4.74 Å². The van der Waals surface area contributed by atoms with Gasteiger partial charge in [0.25, 0.3) is 0 Å². The van der Waals surface area contributed by atoms with Crippen LogP contribution < -0.4 is 15.2 Å². The standard InChI is InChI=1S/C57H42O/c1-57(2)51-22-11-10-19-45(51)46-29-27-40(33-52(46)57)55-43-18-9-7-16-39(43)32-50-47-30-28-41(34-53(47)58-56(50)55)54(37-25-23-36(24-26-37)35-13-4-3-5-14-35)48-21-12-20-44-42-17-8-6-15-38(42)31-49(44)48/h3-30,32-34,50,54,56H,31H2,1-2H3. The molecule has 1 heterocycles. The Bertz CT molecular complexity index is 3090. The van der Waals surface area contributed by atoms with E-state index in [0.717, 1.165) is 12.2 Å². The summed E-state index contributed by atoms with van der Waals surface area (Å²) in [5, 5.41) is 2.54. The van der Waals surface area contributed by atoms with Crippen LogP contribution in [-0.2, 0) is 11.8 Å². The molecule has 0 N–H and O–H groups in total. The summed E-state index contributed by atoms with van der Waals surface area (Å²) in [6.07, 6.45) is 3.27. The largest absolute Gasteiger partial charge is 0.484 e. The first-order valence-electron chi connectivity index (χ1n) is 20.7. The summed E-state index contributed by atoms with van der Waals surface area (Å²) < 4.78 is 7.28. The van der Waals surface area contributed by atoms with Gasteiger partial charge < -0.3 is 4.74 Å². The highest BCUT2D eigenvalue weighted by Gasteiger charge is 2.41. The van der Waals surface area contributed by atoms with Gasteiger partial charge in [-0.3, -0.25) is 0 Å². The minimum absolute atomic E-state index is 0.0378. The number of hydrogen-bond donors (Lipinski definition) is 0. The fraction of sp³-hybridized carbons (Fsp3) is 0.123. The van der Waals surface area contributed by atoms with Crippen molar-refractivity contribution >= 4 is 11.6 Å². The fourth-order valence-corrected chi connectivity index (χ4v) is 10.8. The van der Waals surface area contributed by atoms with Crippen molar-refractivity contribution in [2.45, 2.75) is 43.6 Å². The van der Waals surface area contributed by atoms with Gasteiger partial charge in [0, 0.05) is 28.4 Å². The van der Waals surface area contributed by atoms with E-state index in [-0.39, 0.29) is 23.4 Å². The number of benzene rings is 8. The predicted octanol–water partition coefficient (Wildman–Crippen LogP) is 11.9. The Kier molecular flexibility index (Phi) is 7.29. The zero-order chi connectivity index (χ0) is 38.5. The molecule has 8 aromatic rings. The molecule has 8 aromatic carbocycles. The fourth-order valence-electron chi connectivity index (χ4n) is 10.8. The Hall–Kier alpha value is -6.70. The molecule has 3 atom stereocenters. The second-order valence-corrected chi connectivity index (χ2v) is 17.1. The summed E-state index contributed by atoms with van der Waals surface area (Å²) in [4.78, 5) is 0. The lowest BCUT2D eigenvalue weighted by molar-refractivity contribution is 0.281. The normalized spacial score (nSPS) is 17.7. The molecule has 0 saturated carbocycles. The quantitative estimate of drug-likeness (QED) is 0.160. The van der Waals surface area contributed by atoms with Crippen LogP contribution in [0.25, 0.3) is 45.0 Å². The summed E-state index contributed by atoms with van der Waals surface area (Å²) in [6, 6.07) is 67.8. The van der Waals surface area contributed by atoms with E-state index in [1.807, 2.05) is 0 Å². The zero-order valence-electron chi connectivity index (χ0n) is 32.7. The van der Waals surface area contributed by atoms with Crippen LogP contribution in [0.2, 0.25) is 0 Å². The van der Waals surface area contributed by atoms with Crippen LogP contribution in [0.4, 0.5) is 0 Å². The Morgan fingerprint density at radius 3 is 2.10 bits per heavy atom. The molecule has 0 amide bonds. The van der Waals surface area contributed by atoms with Crippen LogP contribution in [-0.4, -0.2) is 6.10 Å². The Balaban J connectivity index is 0.981. The smallest absolute Gasteiger partial charge is 0.135 e. The zero-order valence-corrected chi connectivity index (χ0v) is 32.7. The summed E-state index contributed by atoms with van der Waals surface area (Å²) >= 11 is 0. The van der Waals surface area contributed by atoms with Crippen molar-refractivity contribution in [1.82, 2.24) is 0 Å². The molecule has 4 aliphatic rings. The third-order valence-electron chi connectivity index (χ3n) is 13.6. The molecular weight excluding hydrogens is 701 g/mol. The van der Waals surface area contributed by atoms with Gasteiger partial charge in [0.1, 0.15) is 11.9 Å². The van der Waals surface area contributed by atoms with Crippen LogP contribution in [0.1, 0.15) is 75.8 Å². The van der Waals surface area contributed by atoms with Gasteiger partial charge in [0.15, 0.2) is 0 Å². The lowest BCUT2D eigenvalue weighted by atomic mass is 9.78. The molecule has 0 radical (unpaired) electrons. The van der Waals surface area contributed by atoms with E-state index >= 15 is 0 Å². The van der Waals surface area contributed by atoms with Crippen molar-refractivity contribution in [2.24, 2.45) is 0 Å². The van der Waals surface area contributed by atoms with Crippen molar-refractivity contribution in [3.63, 3.8) is 0 Å². The molecular formula is C57H42O. The molecule has 0 bridgehead atoms. The second-order valence-electron chi connectivity index (χ2n) is 17.1. The third kappa shape index (κ3) is 4.96. The molecule has 0 aromatic heterocycles. The van der Waals surface area contributed by atoms with Gasteiger partial charge in [-0.2, -0.15) is 0 Å². The molecule has 1 aliphatic heterocycles. The highest BCUT2D eigenvalue weighted by Crippen LogP contribution is 2.52.